The van der Waals surface area contributed by atoms with Gasteiger partial charge in [0.15, 0.2) is 0 Å². The van der Waals surface area contributed by atoms with Crippen LogP contribution in [-0.2, 0) is 6.42 Å². The number of fused-ring (bicyclic) bond motifs is 1. The molecule has 0 radical (unpaired) electrons. The maximum absolute atomic E-state index is 13.4. The van der Waals surface area contributed by atoms with Gasteiger partial charge in [0.25, 0.3) is 5.56 Å². The standard InChI is InChI=1S/C20H20FN3O2/c1-26-16-6-7-17-18(11-16)22-19(23-20(17)25)10-13-2-4-15(5-3-13)24-9-8-14(21)12-24/h2-7,11,14H,8-10,12H2,1H3,(H,22,23,25). The van der Waals surface area contributed by atoms with Gasteiger partial charge in [0.05, 0.1) is 18.0 Å². The molecule has 1 atom stereocenters. The first-order valence-electron chi connectivity index (χ1n) is 8.67. The SMILES string of the molecule is COc1ccc2c(=O)[nH]c(Cc3ccc(N4CCC(F)C4)cc3)nc2c1. The molecular formula is C20H20FN3O2. The maximum atomic E-state index is 13.4. The van der Waals surface area contributed by atoms with Gasteiger partial charge < -0.3 is 14.6 Å². The third-order valence-corrected chi connectivity index (χ3v) is 4.77. The number of methoxy groups -OCH3 is 1. The molecule has 26 heavy (non-hydrogen) atoms. The van der Waals surface area contributed by atoms with Crippen molar-refractivity contribution < 1.29 is 9.13 Å². The molecule has 1 aliphatic rings. The summed E-state index contributed by atoms with van der Waals surface area (Å²) in [5.74, 6) is 1.27. The van der Waals surface area contributed by atoms with Crippen LogP contribution in [0.1, 0.15) is 17.8 Å². The van der Waals surface area contributed by atoms with E-state index in [1.165, 1.54) is 0 Å². The van der Waals surface area contributed by atoms with E-state index in [1.807, 2.05) is 24.3 Å². The molecule has 1 unspecified atom stereocenters. The van der Waals surface area contributed by atoms with Crippen LogP contribution in [0.5, 0.6) is 5.75 Å². The second kappa shape index (κ2) is 6.78. The molecule has 6 heteroatoms. The molecule has 5 nitrogen and oxygen atoms in total. The van der Waals surface area contributed by atoms with E-state index < -0.39 is 6.17 Å². The fourth-order valence-electron chi connectivity index (χ4n) is 3.35. The Morgan fingerprint density at radius 2 is 2.08 bits per heavy atom. The van der Waals surface area contributed by atoms with Gasteiger partial charge in [-0.2, -0.15) is 0 Å². The van der Waals surface area contributed by atoms with Crippen LogP contribution in [0.25, 0.3) is 10.9 Å². The lowest BCUT2D eigenvalue weighted by atomic mass is 10.1. The summed E-state index contributed by atoms with van der Waals surface area (Å²) in [6.07, 6.45) is 0.376. The molecule has 0 spiro atoms. The Hall–Kier alpha value is -2.89. The number of ether oxygens (including phenoxy) is 1. The number of hydrogen-bond donors (Lipinski definition) is 1. The highest BCUT2D eigenvalue weighted by Gasteiger charge is 2.21. The highest BCUT2D eigenvalue weighted by molar-refractivity contribution is 5.79. The van der Waals surface area contributed by atoms with Crippen LogP contribution >= 0.6 is 0 Å². The summed E-state index contributed by atoms with van der Waals surface area (Å²) >= 11 is 0. The van der Waals surface area contributed by atoms with E-state index >= 15 is 0 Å². The van der Waals surface area contributed by atoms with Crippen LogP contribution in [0.3, 0.4) is 0 Å². The molecule has 0 saturated carbocycles. The molecule has 1 N–H and O–H groups in total. The fraction of sp³-hybridized carbons (Fsp3) is 0.300. The summed E-state index contributed by atoms with van der Waals surface area (Å²) in [4.78, 5) is 21.7. The van der Waals surface area contributed by atoms with Gasteiger partial charge in [0.1, 0.15) is 17.7 Å². The van der Waals surface area contributed by atoms with Crippen molar-refractivity contribution in [2.75, 3.05) is 25.1 Å². The van der Waals surface area contributed by atoms with E-state index in [0.717, 1.165) is 17.8 Å². The number of H-pyrrole nitrogens is 1. The van der Waals surface area contributed by atoms with Gasteiger partial charge in [0, 0.05) is 31.3 Å². The minimum Gasteiger partial charge on any atom is -0.497 e. The molecule has 1 aliphatic heterocycles. The second-order valence-corrected chi connectivity index (χ2v) is 6.57. The van der Waals surface area contributed by atoms with E-state index in [0.29, 0.717) is 41.9 Å². The number of alkyl halides is 1. The van der Waals surface area contributed by atoms with Crippen molar-refractivity contribution in [2.45, 2.75) is 19.0 Å². The highest BCUT2D eigenvalue weighted by Crippen LogP contribution is 2.23. The zero-order valence-electron chi connectivity index (χ0n) is 14.5. The first-order chi connectivity index (χ1) is 12.6. The summed E-state index contributed by atoms with van der Waals surface area (Å²) in [6.45, 7) is 1.21. The van der Waals surface area contributed by atoms with Crippen molar-refractivity contribution in [1.29, 1.82) is 0 Å². The number of benzene rings is 2. The summed E-state index contributed by atoms with van der Waals surface area (Å²) in [6, 6.07) is 13.2. The summed E-state index contributed by atoms with van der Waals surface area (Å²) in [5, 5.41) is 0.541. The molecule has 2 heterocycles. The number of aromatic amines is 1. The molecule has 134 valence electrons. The summed E-state index contributed by atoms with van der Waals surface area (Å²) in [7, 11) is 1.59. The molecule has 2 aromatic carbocycles. The van der Waals surface area contributed by atoms with E-state index in [9.17, 15) is 9.18 Å². The Morgan fingerprint density at radius 3 is 2.77 bits per heavy atom. The molecule has 3 aromatic rings. The van der Waals surface area contributed by atoms with E-state index in [-0.39, 0.29) is 5.56 Å². The van der Waals surface area contributed by atoms with Crippen LogP contribution in [0, 0.1) is 0 Å². The molecule has 1 aromatic heterocycles. The number of anilines is 1. The number of nitrogens with one attached hydrogen (secondary N) is 1. The smallest absolute Gasteiger partial charge is 0.258 e. The third kappa shape index (κ3) is 3.27. The van der Waals surface area contributed by atoms with Crippen molar-refractivity contribution in [3.8, 4) is 5.75 Å². The van der Waals surface area contributed by atoms with Crippen LogP contribution in [0.4, 0.5) is 10.1 Å². The van der Waals surface area contributed by atoms with Crippen molar-refractivity contribution in [2.24, 2.45) is 0 Å². The largest absolute Gasteiger partial charge is 0.497 e. The minimum absolute atomic E-state index is 0.157. The van der Waals surface area contributed by atoms with Gasteiger partial charge in [-0.25, -0.2) is 9.37 Å². The van der Waals surface area contributed by atoms with Gasteiger partial charge in [-0.15, -0.1) is 0 Å². The quantitative estimate of drug-likeness (QED) is 0.783. The molecular weight excluding hydrogens is 333 g/mol. The Kier molecular flexibility index (Phi) is 4.32. The van der Waals surface area contributed by atoms with Crippen molar-refractivity contribution in [3.63, 3.8) is 0 Å². The van der Waals surface area contributed by atoms with Gasteiger partial charge in [0.2, 0.25) is 0 Å². The molecule has 1 saturated heterocycles. The lowest BCUT2D eigenvalue weighted by Gasteiger charge is -2.17. The number of hydrogen-bond acceptors (Lipinski definition) is 4. The number of rotatable bonds is 4. The lowest BCUT2D eigenvalue weighted by molar-refractivity contribution is 0.364. The van der Waals surface area contributed by atoms with Gasteiger partial charge in [-0.1, -0.05) is 12.1 Å². The average Bonchev–Trinajstić information content (AvgIpc) is 3.08. The molecule has 0 aliphatic carbocycles. The Balaban J connectivity index is 1.57. The van der Waals surface area contributed by atoms with E-state index in [2.05, 4.69) is 14.9 Å². The van der Waals surface area contributed by atoms with Crippen molar-refractivity contribution in [3.05, 3.63) is 64.2 Å². The fourth-order valence-corrected chi connectivity index (χ4v) is 3.35. The normalized spacial score (nSPS) is 17.0. The predicted octanol–water partition coefficient (Wildman–Crippen LogP) is 3.07. The molecule has 0 bridgehead atoms. The van der Waals surface area contributed by atoms with Crippen LogP contribution in [0.2, 0.25) is 0 Å². The molecule has 0 amide bonds. The third-order valence-electron chi connectivity index (χ3n) is 4.77. The number of halogens is 1. The first-order valence-corrected chi connectivity index (χ1v) is 8.67. The zero-order valence-corrected chi connectivity index (χ0v) is 14.5. The van der Waals surface area contributed by atoms with Gasteiger partial charge in [-0.05, 0) is 36.2 Å². The van der Waals surface area contributed by atoms with Gasteiger partial charge >= 0.3 is 0 Å². The van der Waals surface area contributed by atoms with Gasteiger partial charge in [-0.3, -0.25) is 4.79 Å². The van der Waals surface area contributed by atoms with E-state index in [4.69, 9.17) is 4.74 Å². The van der Waals surface area contributed by atoms with Crippen molar-refractivity contribution >= 4 is 16.6 Å². The van der Waals surface area contributed by atoms with E-state index in [1.54, 1.807) is 25.3 Å². The topological polar surface area (TPSA) is 58.2 Å². The second-order valence-electron chi connectivity index (χ2n) is 6.57. The van der Waals surface area contributed by atoms with Crippen LogP contribution in [0.15, 0.2) is 47.3 Å². The minimum atomic E-state index is -0.737. The number of nitrogens with zero attached hydrogens (tertiary/aromatic N) is 2. The average molecular weight is 353 g/mol. The Labute approximate surface area is 150 Å². The molecule has 1 fully saturated rings. The highest BCUT2D eigenvalue weighted by atomic mass is 19.1. The first kappa shape index (κ1) is 16.6. The lowest BCUT2D eigenvalue weighted by Crippen LogP contribution is -2.19. The maximum Gasteiger partial charge on any atom is 0.258 e. The zero-order chi connectivity index (χ0) is 18.1. The van der Waals surface area contributed by atoms with Crippen LogP contribution < -0.4 is 15.2 Å². The Bertz CT molecular complexity index is 985. The van der Waals surface area contributed by atoms with Crippen molar-refractivity contribution in [1.82, 2.24) is 9.97 Å². The Morgan fingerprint density at radius 1 is 1.27 bits per heavy atom. The number of aromatic nitrogens is 2. The summed E-state index contributed by atoms with van der Waals surface area (Å²) in [5.41, 5.74) is 2.52. The predicted molar refractivity (Wildman–Crippen MR) is 99.9 cm³/mol. The summed E-state index contributed by atoms with van der Waals surface area (Å²) < 4.78 is 18.6. The van der Waals surface area contributed by atoms with Crippen LogP contribution in [-0.4, -0.2) is 36.3 Å². The molecule has 4 rings (SSSR count). The monoisotopic (exact) mass is 353 g/mol.